The molecule has 3 aromatic rings. The van der Waals surface area contributed by atoms with Crippen molar-refractivity contribution in [1.29, 1.82) is 0 Å². The highest BCUT2D eigenvalue weighted by atomic mass is 32.2. The van der Waals surface area contributed by atoms with E-state index in [2.05, 4.69) is 36.4 Å². The second kappa shape index (κ2) is 8.26. The van der Waals surface area contributed by atoms with Gasteiger partial charge in [-0.05, 0) is 55.4 Å². The Bertz CT molecular complexity index is 1040. The van der Waals surface area contributed by atoms with Crippen LogP contribution < -0.4 is 0 Å². The van der Waals surface area contributed by atoms with E-state index in [1.807, 2.05) is 34.8 Å². The van der Waals surface area contributed by atoms with Gasteiger partial charge in [-0.15, -0.1) is 5.10 Å². The number of carbonyl (C=O) groups excluding carboxylic acids is 1. The van der Waals surface area contributed by atoms with Crippen LogP contribution in [-0.4, -0.2) is 38.4 Å². The predicted molar refractivity (Wildman–Crippen MR) is 119 cm³/mol. The molecule has 1 saturated carbocycles. The lowest BCUT2D eigenvalue weighted by Crippen LogP contribution is -2.34. The van der Waals surface area contributed by atoms with Crippen molar-refractivity contribution >= 4 is 17.7 Å². The van der Waals surface area contributed by atoms with E-state index >= 15 is 0 Å². The first kappa shape index (κ1) is 19.4. The summed E-state index contributed by atoms with van der Waals surface area (Å²) in [5, 5.41) is 5.41. The summed E-state index contributed by atoms with van der Waals surface area (Å²) in [4.78, 5) is 19.7. The molecule has 1 amide bonds. The van der Waals surface area contributed by atoms with Crippen LogP contribution in [0.2, 0.25) is 0 Å². The van der Waals surface area contributed by atoms with Gasteiger partial charge in [-0.1, -0.05) is 54.2 Å². The van der Waals surface area contributed by atoms with E-state index in [1.54, 1.807) is 0 Å². The Kier molecular flexibility index (Phi) is 5.34. The molecule has 5 rings (SSSR count). The number of hydrogen-bond acceptors (Lipinski definition) is 4. The Morgan fingerprint density at radius 2 is 1.87 bits per heavy atom. The molecule has 2 aromatic carbocycles. The number of aryl methyl sites for hydroxylation is 1. The lowest BCUT2D eigenvalue weighted by atomic mass is 9.87. The van der Waals surface area contributed by atoms with Crippen LogP contribution in [0.1, 0.15) is 54.6 Å². The van der Waals surface area contributed by atoms with Crippen molar-refractivity contribution in [2.75, 3.05) is 12.8 Å². The summed E-state index contributed by atoms with van der Waals surface area (Å²) >= 11 is 1.44. The Hall–Kier alpha value is -2.60. The van der Waals surface area contributed by atoms with Gasteiger partial charge in [0.25, 0.3) is 0 Å². The minimum absolute atomic E-state index is 0.130. The van der Waals surface area contributed by atoms with E-state index in [0.29, 0.717) is 16.8 Å². The second-order valence-electron chi connectivity index (χ2n) is 8.17. The van der Waals surface area contributed by atoms with Crippen LogP contribution in [0, 0.1) is 0 Å². The number of thioether (sulfide) groups is 1. The molecule has 154 valence electrons. The summed E-state index contributed by atoms with van der Waals surface area (Å²) < 4.78 is 1.95. The Balaban J connectivity index is 1.29. The normalized spacial score (nSPS) is 18.1. The van der Waals surface area contributed by atoms with Gasteiger partial charge in [0.2, 0.25) is 11.1 Å². The number of aromatic nitrogens is 3. The monoisotopic (exact) mass is 418 g/mol. The maximum absolute atomic E-state index is 13.0. The molecule has 6 heteroatoms. The molecular weight excluding hydrogens is 392 g/mol. The van der Waals surface area contributed by atoms with Gasteiger partial charge in [0.1, 0.15) is 5.82 Å². The zero-order valence-corrected chi connectivity index (χ0v) is 18.0. The molecule has 0 N–H and O–H groups in total. The van der Waals surface area contributed by atoms with E-state index < -0.39 is 0 Å². The number of carbonyl (C=O) groups is 1. The molecule has 0 unspecified atom stereocenters. The molecule has 2 aliphatic rings. The van der Waals surface area contributed by atoms with E-state index in [-0.39, 0.29) is 11.9 Å². The first-order chi connectivity index (χ1) is 14.7. The molecule has 1 atom stereocenters. The average Bonchev–Trinajstić information content (AvgIpc) is 3.56. The second-order valence-corrected chi connectivity index (χ2v) is 9.12. The molecule has 0 aliphatic heterocycles. The molecule has 0 bridgehead atoms. The van der Waals surface area contributed by atoms with Crippen LogP contribution in [0.5, 0.6) is 0 Å². The van der Waals surface area contributed by atoms with Crippen molar-refractivity contribution < 1.29 is 4.79 Å². The fourth-order valence-electron chi connectivity index (χ4n) is 4.26. The van der Waals surface area contributed by atoms with Crippen molar-refractivity contribution in [3.63, 3.8) is 0 Å². The number of fused-ring (bicyclic) bond motifs is 1. The summed E-state index contributed by atoms with van der Waals surface area (Å²) in [6.07, 6.45) is 5.59. The van der Waals surface area contributed by atoms with Crippen molar-refractivity contribution in [2.45, 2.75) is 49.2 Å². The maximum Gasteiger partial charge on any atom is 0.233 e. The number of amides is 1. The van der Waals surface area contributed by atoms with Gasteiger partial charge in [0.05, 0.1) is 17.5 Å². The fourth-order valence-corrected chi connectivity index (χ4v) is 5.02. The van der Waals surface area contributed by atoms with Gasteiger partial charge in [-0.25, -0.2) is 9.67 Å². The largest absolute Gasteiger partial charge is 0.338 e. The third kappa shape index (κ3) is 3.88. The number of para-hydroxylation sites is 1. The molecule has 1 fully saturated rings. The summed E-state index contributed by atoms with van der Waals surface area (Å²) in [6.45, 7) is 0. The van der Waals surface area contributed by atoms with E-state index in [0.717, 1.165) is 30.8 Å². The molecule has 0 saturated heterocycles. The molecule has 2 aliphatic carbocycles. The van der Waals surface area contributed by atoms with Gasteiger partial charge in [0, 0.05) is 13.0 Å². The highest BCUT2D eigenvalue weighted by Gasteiger charge is 2.31. The number of nitrogens with zero attached hydrogens (tertiary/aromatic N) is 4. The molecule has 30 heavy (non-hydrogen) atoms. The standard InChI is InChI=1S/C24H26N4OS/c1-27(21-13-7-9-17-8-5-6-12-20(17)21)22(29)16-30-24-25-23(18-14-15-18)28(26-24)19-10-3-2-4-11-19/h2-6,8,10-12,18,21H,7,9,13-16H2,1H3/t21-/m0/s1. The average molecular weight is 419 g/mol. The van der Waals surface area contributed by atoms with Crippen LogP contribution in [0.3, 0.4) is 0 Å². The first-order valence-corrected chi connectivity index (χ1v) is 11.7. The van der Waals surface area contributed by atoms with Crippen LogP contribution in [0.4, 0.5) is 0 Å². The number of rotatable bonds is 6. The lowest BCUT2D eigenvalue weighted by Gasteiger charge is -2.33. The van der Waals surface area contributed by atoms with Crippen molar-refractivity contribution in [3.05, 3.63) is 71.5 Å². The minimum atomic E-state index is 0.130. The smallest absolute Gasteiger partial charge is 0.233 e. The van der Waals surface area contributed by atoms with Crippen LogP contribution in [0.25, 0.3) is 5.69 Å². The molecular formula is C24H26N4OS. The highest BCUT2D eigenvalue weighted by molar-refractivity contribution is 7.99. The molecule has 0 radical (unpaired) electrons. The third-order valence-electron chi connectivity index (χ3n) is 6.08. The van der Waals surface area contributed by atoms with Gasteiger partial charge < -0.3 is 4.90 Å². The molecule has 1 heterocycles. The predicted octanol–water partition coefficient (Wildman–Crippen LogP) is 4.77. The van der Waals surface area contributed by atoms with Gasteiger partial charge >= 0.3 is 0 Å². The summed E-state index contributed by atoms with van der Waals surface area (Å²) in [7, 11) is 1.93. The van der Waals surface area contributed by atoms with Gasteiger partial charge in [0.15, 0.2) is 0 Å². The van der Waals surface area contributed by atoms with E-state index in [4.69, 9.17) is 10.1 Å². The van der Waals surface area contributed by atoms with Crippen LogP contribution in [0.15, 0.2) is 59.8 Å². The Morgan fingerprint density at radius 1 is 1.10 bits per heavy atom. The highest BCUT2D eigenvalue weighted by Crippen LogP contribution is 2.40. The number of hydrogen-bond donors (Lipinski definition) is 0. The summed E-state index contributed by atoms with van der Waals surface area (Å²) in [6, 6.07) is 18.8. The van der Waals surface area contributed by atoms with E-state index in [9.17, 15) is 4.79 Å². The Morgan fingerprint density at radius 3 is 2.67 bits per heavy atom. The SMILES string of the molecule is CN(C(=O)CSc1nc(C2CC2)n(-c2ccccc2)n1)[C@H]1CCCc2ccccc21. The van der Waals surface area contributed by atoms with Gasteiger partial charge in [-0.3, -0.25) is 4.79 Å². The summed E-state index contributed by atoms with van der Waals surface area (Å²) in [5.74, 6) is 2.00. The molecule has 0 spiro atoms. The van der Waals surface area contributed by atoms with E-state index in [1.165, 1.54) is 35.7 Å². The maximum atomic E-state index is 13.0. The third-order valence-corrected chi connectivity index (χ3v) is 6.90. The van der Waals surface area contributed by atoms with Crippen LogP contribution in [-0.2, 0) is 11.2 Å². The van der Waals surface area contributed by atoms with Crippen molar-refractivity contribution in [2.24, 2.45) is 0 Å². The van der Waals surface area contributed by atoms with Crippen molar-refractivity contribution in [1.82, 2.24) is 19.7 Å². The fraction of sp³-hybridized carbons (Fsp3) is 0.375. The Labute approximate surface area is 181 Å². The molecule has 5 nitrogen and oxygen atoms in total. The quantitative estimate of drug-likeness (QED) is 0.541. The first-order valence-electron chi connectivity index (χ1n) is 10.7. The van der Waals surface area contributed by atoms with Gasteiger partial charge in [-0.2, -0.15) is 0 Å². The van der Waals surface area contributed by atoms with Crippen LogP contribution >= 0.6 is 11.8 Å². The summed E-state index contributed by atoms with van der Waals surface area (Å²) in [5.41, 5.74) is 3.70. The minimum Gasteiger partial charge on any atom is -0.338 e. The van der Waals surface area contributed by atoms with Crippen molar-refractivity contribution in [3.8, 4) is 5.69 Å². The zero-order chi connectivity index (χ0) is 20.5. The topological polar surface area (TPSA) is 51.0 Å². The zero-order valence-electron chi connectivity index (χ0n) is 17.2. The lowest BCUT2D eigenvalue weighted by molar-refractivity contribution is -0.129. The number of benzene rings is 2. The molecule has 1 aromatic heterocycles.